The molecule has 0 fully saturated rings. The van der Waals surface area contributed by atoms with E-state index in [4.69, 9.17) is 0 Å². The van der Waals surface area contributed by atoms with Crippen molar-refractivity contribution in [2.24, 2.45) is 0 Å². The van der Waals surface area contributed by atoms with Crippen LogP contribution < -0.4 is 5.32 Å². The zero-order valence-electron chi connectivity index (χ0n) is 11.7. The van der Waals surface area contributed by atoms with Crippen molar-refractivity contribution in [2.75, 3.05) is 11.9 Å². The standard InChI is InChI=1S/C14H13F2N5O/c1-8-4-13(21-14(20-8)18-7-19-21)17-6-12(22)9-2-3-10(15)11(16)5-9/h2-5,7,12,17,22H,6H2,1H3/t12-/m1/s1. The molecule has 0 spiro atoms. The predicted octanol–water partition coefficient (Wildman–Crippen LogP) is 1.86. The van der Waals surface area contributed by atoms with E-state index >= 15 is 0 Å². The monoisotopic (exact) mass is 305 g/mol. The normalized spacial score (nSPS) is 12.5. The van der Waals surface area contributed by atoms with Gasteiger partial charge in [0.2, 0.25) is 0 Å². The van der Waals surface area contributed by atoms with Gasteiger partial charge in [-0.05, 0) is 24.6 Å². The minimum atomic E-state index is -0.998. The number of aliphatic hydroxyl groups excluding tert-OH is 1. The van der Waals surface area contributed by atoms with E-state index in [-0.39, 0.29) is 12.1 Å². The van der Waals surface area contributed by atoms with Gasteiger partial charge in [0.25, 0.3) is 5.78 Å². The Morgan fingerprint density at radius 1 is 1.27 bits per heavy atom. The summed E-state index contributed by atoms with van der Waals surface area (Å²) < 4.78 is 27.6. The van der Waals surface area contributed by atoms with Crippen LogP contribution in [-0.4, -0.2) is 31.2 Å². The lowest BCUT2D eigenvalue weighted by atomic mass is 10.1. The first-order chi connectivity index (χ1) is 10.5. The molecule has 1 atom stereocenters. The third kappa shape index (κ3) is 2.73. The Balaban J connectivity index is 1.78. The number of nitrogens with zero attached hydrogens (tertiary/aromatic N) is 4. The predicted molar refractivity (Wildman–Crippen MR) is 75.3 cm³/mol. The highest BCUT2D eigenvalue weighted by molar-refractivity contribution is 5.44. The largest absolute Gasteiger partial charge is 0.387 e. The van der Waals surface area contributed by atoms with Gasteiger partial charge in [-0.3, -0.25) is 0 Å². The molecule has 0 bridgehead atoms. The summed E-state index contributed by atoms with van der Waals surface area (Å²) in [6.45, 7) is 1.91. The van der Waals surface area contributed by atoms with Crippen LogP contribution in [-0.2, 0) is 0 Å². The van der Waals surface area contributed by atoms with Crippen molar-refractivity contribution in [1.82, 2.24) is 19.6 Å². The number of benzene rings is 1. The molecule has 22 heavy (non-hydrogen) atoms. The molecule has 0 saturated carbocycles. The number of aromatic nitrogens is 4. The molecule has 2 N–H and O–H groups in total. The van der Waals surface area contributed by atoms with Crippen LogP contribution >= 0.6 is 0 Å². The molecule has 0 amide bonds. The highest BCUT2D eigenvalue weighted by Gasteiger charge is 2.12. The van der Waals surface area contributed by atoms with Gasteiger partial charge in [-0.1, -0.05) is 6.07 Å². The Labute approximate surface area is 124 Å². The SMILES string of the molecule is Cc1cc(NC[C@@H](O)c2ccc(F)c(F)c2)n2ncnc2n1. The van der Waals surface area contributed by atoms with Crippen LogP contribution in [0.5, 0.6) is 0 Å². The molecule has 0 aliphatic heterocycles. The fraction of sp³-hybridized carbons (Fsp3) is 0.214. The smallest absolute Gasteiger partial charge is 0.254 e. The zero-order valence-corrected chi connectivity index (χ0v) is 11.7. The maximum Gasteiger partial charge on any atom is 0.254 e. The highest BCUT2D eigenvalue weighted by Crippen LogP contribution is 2.18. The van der Waals surface area contributed by atoms with Crippen LogP contribution in [0.4, 0.5) is 14.6 Å². The molecule has 2 aromatic heterocycles. The number of halogens is 2. The molecule has 0 aliphatic carbocycles. The van der Waals surface area contributed by atoms with E-state index in [1.165, 1.54) is 16.9 Å². The van der Waals surface area contributed by atoms with Crippen molar-refractivity contribution in [3.05, 3.63) is 53.5 Å². The molecule has 0 aliphatic rings. The van der Waals surface area contributed by atoms with Gasteiger partial charge in [0, 0.05) is 18.3 Å². The van der Waals surface area contributed by atoms with Gasteiger partial charge in [0.05, 0.1) is 6.10 Å². The summed E-state index contributed by atoms with van der Waals surface area (Å²) in [5, 5.41) is 17.1. The van der Waals surface area contributed by atoms with E-state index in [2.05, 4.69) is 20.4 Å². The maximum absolute atomic E-state index is 13.2. The van der Waals surface area contributed by atoms with Crippen LogP contribution in [0.3, 0.4) is 0 Å². The highest BCUT2D eigenvalue weighted by atomic mass is 19.2. The van der Waals surface area contributed by atoms with Crippen LogP contribution in [0, 0.1) is 18.6 Å². The summed E-state index contributed by atoms with van der Waals surface area (Å²) in [4.78, 5) is 8.19. The van der Waals surface area contributed by atoms with E-state index in [0.717, 1.165) is 17.8 Å². The number of rotatable bonds is 4. The molecule has 0 radical (unpaired) electrons. The lowest BCUT2D eigenvalue weighted by molar-refractivity contribution is 0.190. The zero-order chi connectivity index (χ0) is 15.7. The summed E-state index contributed by atoms with van der Waals surface area (Å²) in [6.07, 6.45) is 0.376. The fourth-order valence-corrected chi connectivity index (χ4v) is 2.10. The number of aliphatic hydroxyl groups is 1. The second kappa shape index (κ2) is 5.64. The summed E-state index contributed by atoms with van der Waals surface area (Å²) in [5.41, 5.74) is 1.03. The van der Waals surface area contributed by atoms with Crippen LogP contribution in [0.1, 0.15) is 17.4 Å². The Morgan fingerprint density at radius 3 is 2.86 bits per heavy atom. The summed E-state index contributed by atoms with van der Waals surface area (Å²) >= 11 is 0. The van der Waals surface area contributed by atoms with Gasteiger partial charge >= 0.3 is 0 Å². The van der Waals surface area contributed by atoms with Gasteiger partial charge in [-0.2, -0.15) is 14.6 Å². The van der Waals surface area contributed by atoms with E-state index < -0.39 is 17.7 Å². The average molecular weight is 305 g/mol. The molecule has 3 aromatic rings. The molecule has 8 heteroatoms. The van der Waals surface area contributed by atoms with Gasteiger partial charge in [-0.25, -0.2) is 13.8 Å². The first-order valence-electron chi connectivity index (χ1n) is 6.59. The third-order valence-corrected chi connectivity index (χ3v) is 3.18. The Bertz CT molecular complexity index is 820. The fourth-order valence-electron chi connectivity index (χ4n) is 2.10. The van der Waals surface area contributed by atoms with E-state index in [0.29, 0.717) is 11.6 Å². The number of nitrogens with one attached hydrogen (secondary N) is 1. The van der Waals surface area contributed by atoms with Gasteiger partial charge in [-0.15, -0.1) is 0 Å². The second-order valence-corrected chi connectivity index (χ2v) is 4.82. The molecule has 6 nitrogen and oxygen atoms in total. The average Bonchev–Trinajstić information content (AvgIpc) is 2.95. The van der Waals surface area contributed by atoms with Crippen molar-refractivity contribution in [2.45, 2.75) is 13.0 Å². The lowest BCUT2D eigenvalue weighted by Gasteiger charge is -2.14. The quantitative estimate of drug-likeness (QED) is 0.769. The van der Waals surface area contributed by atoms with Crippen LogP contribution in [0.2, 0.25) is 0 Å². The maximum atomic E-state index is 13.2. The Morgan fingerprint density at radius 2 is 2.09 bits per heavy atom. The molecular weight excluding hydrogens is 292 g/mol. The molecule has 0 unspecified atom stereocenters. The van der Waals surface area contributed by atoms with Crippen LogP contribution in [0.25, 0.3) is 5.78 Å². The Hall–Kier alpha value is -2.61. The van der Waals surface area contributed by atoms with Gasteiger partial charge < -0.3 is 10.4 Å². The van der Waals surface area contributed by atoms with Crippen molar-refractivity contribution in [3.63, 3.8) is 0 Å². The number of hydrogen-bond donors (Lipinski definition) is 2. The van der Waals surface area contributed by atoms with E-state index in [9.17, 15) is 13.9 Å². The van der Waals surface area contributed by atoms with E-state index in [1.807, 2.05) is 6.92 Å². The van der Waals surface area contributed by atoms with Gasteiger partial charge in [0.1, 0.15) is 12.1 Å². The first-order valence-corrected chi connectivity index (χ1v) is 6.59. The molecule has 114 valence electrons. The number of aryl methyl sites for hydroxylation is 1. The lowest BCUT2D eigenvalue weighted by Crippen LogP contribution is -2.15. The molecule has 3 rings (SSSR count). The van der Waals surface area contributed by atoms with Crippen LogP contribution in [0.15, 0.2) is 30.6 Å². The van der Waals surface area contributed by atoms with Crippen molar-refractivity contribution in [3.8, 4) is 0 Å². The number of anilines is 1. The number of hydrogen-bond acceptors (Lipinski definition) is 5. The van der Waals surface area contributed by atoms with E-state index in [1.54, 1.807) is 6.07 Å². The topological polar surface area (TPSA) is 75.3 Å². The second-order valence-electron chi connectivity index (χ2n) is 4.82. The molecule has 0 saturated heterocycles. The Kier molecular flexibility index (Phi) is 3.68. The minimum absolute atomic E-state index is 0.101. The number of fused-ring (bicyclic) bond motifs is 1. The van der Waals surface area contributed by atoms with Crippen molar-refractivity contribution >= 4 is 11.6 Å². The first kappa shape index (κ1) is 14.3. The third-order valence-electron chi connectivity index (χ3n) is 3.18. The minimum Gasteiger partial charge on any atom is -0.387 e. The summed E-state index contributed by atoms with van der Waals surface area (Å²) in [6, 6.07) is 5.05. The van der Waals surface area contributed by atoms with Gasteiger partial charge in [0.15, 0.2) is 11.6 Å². The van der Waals surface area contributed by atoms with Crippen molar-refractivity contribution < 1.29 is 13.9 Å². The summed E-state index contributed by atoms with van der Waals surface area (Å²) in [7, 11) is 0. The molecule has 1 aromatic carbocycles. The molecule has 2 heterocycles. The van der Waals surface area contributed by atoms with Crippen molar-refractivity contribution in [1.29, 1.82) is 0 Å². The molecular formula is C14H13F2N5O. The summed E-state index contributed by atoms with van der Waals surface area (Å²) in [5.74, 6) is -0.903.